The van der Waals surface area contributed by atoms with Crippen molar-refractivity contribution in [2.75, 3.05) is 37.9 Å². The second-order valence-electron chi connectivity index (χ2n) is 7.13. The molecule has 0 bridgehead atoms. The molecule has 0 saturated carbocycles. The number of carbonyl (C=O) groups is 2. The van der Waals surface area contributed by atoms with Crippen LogP contribution in [-0.4, -0.2) is 44.0 Å². The lowest BCUT2D eigenvalue weighted by molar-refractivity contribution is -0.128. The summed E-state index contributed by atoms with van der Waals surface area (Å²) in [7, 11) is 3.50. The van der Waals surface area contributed by atoms with Gasteiger partial charge in [0.05, 0.1) is 12.2 Å². The molecule has 2 rings (SSSR count). The van der Waals surface area contributed by atoms with Crippen LogP contribution in [0.3, 0.4) is 0 Å². The maximum absolute atomic E-state index is 12.4. The van der Waals surface area contributed by atoms with Gasteiger partial charge in [-0.3, -0.25) is 9.59 Å². The predicted molar refractivity (Wildman–Crippen MR) is 117 cm³/mol. The third-order valence-electron chi connectivity index (χ3n) is 4.14. The van der Waals surface area contributed by atoms with Crippen LogP contribution in [0.15, 0.2) is 60.7 Å². The molecule has 0 aromatic heterocycles. The van der Waals surface area contributed by atoms with Gasteiger partial charge >= 0.3 is 0 Å². The molecule has 6 heteroatoms. The number of benzene rings is 2. The average molecular weight is 396 g/mol. The fraction of sp³-hybridized carbons (Fsp3) is 0.304. The second-order valence-corrected chi connectivity index (χ2v) is 7.13. The van der Waals surface area contributed by atoms with Crippen molar-refractivity contribution in [2.45, 2.75) is 19.8 Å². The Bertz CT molecular complexity index is 862. The Morgan fingerprint density at radius 2 is 1.86 bits per heavy atom. The number of hydrogen-bond donors (Lipinski definition) is 2. The number of para-hydroxylation sites is 2. The Labute approximate surface area is 172 Å². The molecule has 2 N–H and O–H groups in total. The molecule has 0 spiro atoms. The standard InChI is InChI=1S/C23H29N3O3/c1-17(2)16-29-21-11-6-5-10-20(21)25-22(27)15-24-19-9-7-8-18(14-19)12-13-23(28)26(3)4/h5-11,14,24H,1,12-13,15-16H2,2-4H3,(H,25,27). The number of nitrogens with one attached hydrogen (secondary N) is 2. The van der Waals surface area contributed by atoms with Crippen LogP contribution < -0.4 is 15.4 Å². The third-order valence-corrected chi connectivity index (χ3v) is 4.14. The molecule has 2 aromatic carbocycles. The van der Waals surface area contributed by atoms with E-state index < -0.39 is 0 Å². The van der Waals surface area contributed by atoms with E-state index in [1.165, 1.54) is 0 Å². The Kier molecular flexibility index (Phi) is 8.27. The van der Waals surface area contributed by atoms with Gasteiger partial charge in [0.1, 0.15) is 12.4 Å². The minimum Gasteiger partial charge on any atom is -0.487 e. The van der Waals surface area contributed by atoms with Gasteiger partial charge in [-0.05, 0) is 48.7 Å². The second kappa shape index (κ2) is 10.9. The van der Waals surface area contributed by atoms with Crippen LogP contribution in [-0.2, 0) is 16.0 Å². The highest BCUT2D eigenvalue weighted by atomic mass is 16.5. The van der Waals surface area contributed by atoms with E-state index in [-0.39, 0.29) is 18.4 Å². The maximum atomic E-state index is 12.4. The topological polar surface area (TPSA) is 70.7 Å². The number of ether oxygens (including phenoxy) is 1. The van der Waals surface area contributed by atoms with Gasteiger partial charge in [0.15, 0.2) is 0 Å². The van der Waals surface area contributed by atoms with E-state index in [4.69, 9.17) is 4.74 Å². The summed E-state index contributed by atoms with van der Waals surface area (Å²) < 4.78 is 5.68. The molecule has 0 radical (unpaired) electrons. The molecule has 29 heavy (non-hydrogen) atoms. The van der Waals surface area contributed by atoms with Gasteiger partial charge in [0, 0.05) is 26.2 Å². The molecule has 0 saturated heterocycles. The summed E-state index contributed by atoms with van der Waals surface area (Å²) in [5, 5.41) is 5.99. The molecule has 0 aliphatic rings. The lowest BCUT2D eigenvalue weighted by Crippen LogP contribution is -2.22. The number of hydrogen-bond acceptors (Lipinski definition) is 4. The van der Waals surface area contributed by atoms with Crippen molar-refractivity contribution >= 4 is 23.2 Å². The Morgan fingerprint density at radius 1 is 1.10 bits per heavy atom. The van der Waals surface area contributed by atoms with Crippen LogP contribution in [0.4, 0.5) is 11.4 Å². The van der Waals surface area contributed by atoms with E-state index >= 15 is 0 Å². The van der Waals surface area contributed by atoms with Crippen LogP contribution in [0, 0.1) is 0 Å². The van der Waals surface area contributed by atoms with Crippen molar-refractivity contribution in [1.29, 1.82) is 0 Å². The summed E-state index contributed by atoms with van der Waals surface area (Å²) in [6, 6.07) is 15.1. The summed E-state index contributed by atoms with van der Waals surface area (Å²) in [5.74, 6) is 0.524. The minimum atomic E-state index is -0.176. The minimum absolute atomic E-state index is 0.0928. The molecule has 0 atom stereocenters. The molecule has 0 aliphatic heterocycles. The van der Waals surface area contributed by atoms with Gasteiger partial charge in [-0.15, -0.1) is 0 Å². The fourth-order valence-electron chi connectivity index (χ4n) is 2.59. The smallest absolute Gasteiger partial charge is 0.243 e. The zero-order chi connectivity index (χ0) is 21.2. The SMILES string of the molecule is C=C(C)COc1ccccc1NC(=O)CNc1cccc(CCC(=O)N(C)C)c1. The molecule has 2 aromatic rings. The Balaban J connectivity index is 1.89. The number of amides is 2. The predicted octanol–water partition coefficient (Wildman–Crippen LogP) is 3.71. The first-order valence-electron chi connectivity index (χ1n) is 9.54. The number of aryl methyl sites for hydroxylation is 1. The first kappa shape index (κ1) is 22.0. The van der Waals surface area contributed by atoms with Gasteiger partial charge < -0.3 is 20.3 Å². The van der Waals surface area contributed by atoms with E-state index in [9.17, 15) is 9.59 Å². The molecule has 6 nitrogen and oxygen atoms in total. The number of carbonyl (C=O) groups excluding carboxylic acids is 2. The van der Waals surface area contributed by atoms with E-state index in [1.54, 1.807) is 25.1 Å². The largest absolute Gasteiger partial charge is 0.487 e. The summed E-state index contributed by atoms with van der Waals surface area (Å²) in [6.45, 7) is 6.22. The number of rotatable bonds is 10. The van der Waals surface area contributed by atoms with Crippen LogP contribution in [0.1, 0.15) is 18.9 Å². The number of anilines is 2. The van der Waals surface area contributed by atoms with Crippen molar-refractivity contribution < 1.29 is 14.3 Å². The number of nitrogens with zero attached hydrogens (tertiary/aromatic N) is 1. The van der Waals surface area contributed by atoms with E-state index in [2.05, 4.69) is 17.2 Å². The summed E-state index contributed by atoms with van der Waals surface area (Å²) in [6.07, 6.45) is 1.12. The Morgan fingerprint density at radius 3 is 2.59 bits per heavy atom. The zero-order valence-corrected chi connectivity index (χ0v) is 17.3. The highest BCUT2D eigenvalue weighted by Crippen LogP contribution is 2.24. The monoisotopic (exact) mass is 395 g/mol. The average Bonchev–Trinajstić information content (AvgIpc) is 2.70. The van der Waals surface area contributed by atoms with E-state index in [1.807, 2.05) is 49.4 Å². The quantitative estimate of drug-likeness (QED) is 0.602. The van der Waals surface area contributed by atoms with Crippen LogP contribution in [0.5, 0.6) is 5.75 Å². The lowest BCUT2D eigenvalue weighted by atomic mass is 10.1. The molecule has 154 valence electrons. The first-order valence-corrected chi connectivity index (χ1v) is 9.54. The van der Waals surface area contributed by atoms with Gasteiger partial charge in [-0.1, -0.05) is 30.8 Å². The molecule has 0 fully saturated rings. The molecule has 0 heterocycles. The van der Waals surface area contributed by atoms with Crippen molar-refractivity contribution in [3.8, 4) is 5.75 Å². The van der Waals surface area contributed by atoms with Gasteiger partial charge in [-0.25, -0.2) is 0 Å². The first-order chi connectivity index (χ1) is 13.8. The van der Waals surface area contributed by atoms with Crippen LogP contribution in [0.25, 0.3) is 0 Å². The van der Waals surface area contributed by atoms with Gasteiger partial charge in [0.25, 0.3) is 0 Å². The lowest BCUT2D eigenvalue weighted by Gasteiger charge is -2.13. The maximum Gasteiger partial charge on any atom is 0.243 e. The van der Waals surface area contributed by atoms with Crippen LogP contribution >= 0.6 is 0 Å². The normalized spacial score (nSPS) is 10.2. The Hall–Kier alpha value is -3.28. The molecule has 2 amide bonds. The van der Waals surface area contributed by atoms with Crippen molar-refractivity contribution in [3.05, 3.63) is 66.2 Å². The van der Waals surface area contributed by atoms with Crippen molar-refractivity contribution in [1.82, 2.24) is 4.90 Å². The molecular formula is C23H29N3O3. The van der Waals surface area contributed by atoms with E-state index in [0.29, 0.717) is 30.9 Å². The highest BCUT2D eigenvalue weighted by molar-refractivity contribution is 5.95. The molecular weight excluding hydrogens is 366 g/mol. The summed E-state index contributed by atoms with van der Waals surface area (Å²) in [5.41, 5.74) is 3.40. The molecule has 0 unspecified atom stereocenters. The van der Waals surface area contributed by atoms with Crippen LogP contribution in [0.2, 0.25) is 0 Å². The zero-order valence-electron chi connectivity index (χ0n) is 17.3. The van der Waals surface area contributed by atoms with Crippen molar-refractivity contribution in [3.63, 3.8) is 0 Å². The summed E-state index contributed by atoms with van der Waals surface area (Å²) in [4.78, 5) is 25.7. The van der Waals surface area contributed by atoms with E-state index in [0.717, 1.165) is 16.8 Å². The summed E-state index contributed by atoms with van der Waals surface area (Å²) >= 11 is 0. The molecule has 0 aliphatic carbocycles. The van der Waals surface area contributed by atoms with Gasteiger partial charge in [-0.2, -0.15) is 0 Å². The third kappa shape index (κ3) is 7.70. The van der Waals surface area contributed by atoms with Gasteiger partial charge in [0.2, 0.25) is 11.8 Å². The highest BCUT2D eigenvalue weighted by Gasteiger charge is 2.09. The van der Waals surface area contributed by atoms with Crippen molar-refractivity contribution in [2.24, 2.45) is 0 Å². The fourth-order valence-corrected chi connectivity index (χ4v) is 2.59.